The van der Waals surface area contributed by atoms with Crippen LogP contribution in [0.25, 0.3) is 0 Å². The number of nitrogens with two attached hydrogens (primary N) is 1. The summed E-state index contributed by atoms with van der Waals surface area (Å²) >= 11 is 0.994. The first-order chi connectivity index (χ1) is 17.9. The van der Waals surface area contributed by atoms with Crippen LogP contribution in [0.2, 0.25) is 0 Å². The highest BCUT2D eigenvalue weighted by Crippen LogP contribution is 2.31. The van der Waals surface area contributed by atoms with Crippen molar-refractivity contribution in [1.82, 2.24) is 4.31 Å². The van der Waals surface area contributed by atoms with Gasteiger partial charge in [0.2, 0.25) is 21.8 Å². The number of benzene rings is 2. The van der Waals surface area contributed by atoms with Gasteiger partial charge in [-0.2, -0.15) is 4.31 Å². The Morgan fingerprint density at radius 2 is 1.71 bits per heavy atom. The lowest BCUT2D eigenvalue weighted by atomic mass is 10.1. The third-order valence-electron chi connectivity index (χ3n) is 5.85. The van der Waals surface area contributed by atoms with E-state index in [1.807, 2.05) is 0 Å². The molecule has 2 heterocycles. The van der Waals surface area contributed by atoms with Gasteiger partial charge >= 0.3 is 0 Å². The van der Waals surface area contributed by atoms with Crippen molar-refractivity contribution in [3.05, 3.63) is 71.6 Å². The van der Waals surface area contributed by atoms with Crippen molar-refractivity contribution in [3.63, 3.8) is 0 Å². The molecule has 11 nitrogen and oxygen atoms in total. The molecule has 3 amide bonds. The number of primary sulfonamides is 1. The third-order valence-corrected chi connectivity index (χ3v) is 10.1. The summed E-state index contributed by atoms with van der Waals surface area (Å²) in [5, 5.41) is 9.33. The van der Waals surface area contributed by atoms with E-state index < -0.39 is 37.9 Å². The minimum Gasteiger partial charge on any atom is -0.326 e. The van der Waals surface area contributed by atoms with Gasteiger partial charge in [0.15, 0.2) is 0 Å². The van der Waals surface area contributed by atoms with Crippen molar-refractivity contribution in [1.29, 1.82) is 0 Å². The van der Waals surface area contributed by atoms with Gasteiger partial charge in [-0.25, -0.2) is 26.9 Å². The average Bonchev–Trinajstić information content (AvgIpc) is 3.48. The third kappa shape index (κ3) is 5.84. The number of imide groups is 1. The van der Waals surface area contributed by atoms with Crippen LogP contribution in [0.3, 0.4) is 0 Å². The molecule has 200 valence electrons. The number of carbonyl (C=O) groups excluding carboxylic acids is 3. The van der Waals surface area contributed by atoms with E-state index in [9.17, 15) is 31.2 Å². The zero-order valence-corrected chi connectivity index (χ0v) is 22.6. The molecule has 3 N–H and O–H groups in total. The fourth-order valence-electron chi connectivity index (χ4n) is 4.06. The summed E-state index contributed by atoms with van der Waals surface area (Å²) in [4.78, 5) is 38.5. The normalized spacial score (nSPS) is 16.3. The summed E-state index contributed by atoms with van der Waals surface area (Å²) in [6.45, 7) is 1.22. The highest BCUT2D eigenvalue weighted by molar-refractivity contribution is 7.91. The van der Waals surface area contributed by atoms with Crippen LogP contribution >= 0.6 is 11.3 Å². The van der Waals surface area contributed by atoms with E-state index in [0.717, 1.165) is 20.5 Å². The average molecular weight is 577 g/mol. The number of rotatable bonds is 9. The Balaban J connectivity index is 1.62. The van der Waals surface area contributed by atoms with Crippen molar-refractivity contribution in [2.75, 3.05) is 16.8 Å². The molecule has 0 radical (unpaired) electrons. The first-order valence-corrected chi connectivity index (χ1v) is 15.2. The molecule has 1 atom stereocenters. The molecule has 1 saturated heterocycles. The Morgan fingerprint density at radius 1 is 1.05 bits per heavy atom. The molecular formula is C24H24N4O7S3. The van der Waals surface area contributed by atoms with Gasteiger partial charge in [-0.3, -0.25) is 14.4 Å². The van der Waals surface area contributed by atoms with Crippen LogP contribution < -0.4 is 15.4 Å². The quantitative estimate of drug-likeness (QED) is 0.367. The maximum Gasteiger partial charge on any atom is 0.253 e. The van der Waals surface area contributed by atoms with Gasteiger partial charge in [0.25, 0.3) is 15.9 Å². The van der Waals surface area contributed by atoms with E-state index in [0.29, 0.717) is 11.3 Å². The van der Waals surface area contributed by atoms with E-state index in [1.165, 1.54) is 61.5 Å². The topological polar surface area (TPSA) is 164 Å². The number of anilines is 2. The van der Waals surface area contributed by atoms with Crippen LogP contribution in [0.5, 0.6) is 0 Å². The molecule has 14 heteroatoms. The van der Waals surface area contributed by atoms with Crippen molar-refractivity contribution in [2.45, 2.75) is 34.9 Å². The molecule has 2 aromatic carbocycles. The minimum atomic E-state index is -4.14. The highest BCUT2D eigenvalue weighted by Gasteiger charge is 2.47. The Labute approximate surface area is 224 Å². The Bertz CT molecular complexity index is 1570. The van der Waals surface area contributed by atoms with Crippen LogP contribution in [0, 0.1) is 0 Å². The predicted molar refractivity (Wildman–Crippen MR) is 141 cm³/mol. The molecule has 1 aliphatic rings. The van der Waals surface area contributed by atoms with Gasteiger partial charge in [0.1, 0.15) is 10.3 Å². The van der Waals surface area contributed by atoms with Crippen molar-refractivity contribution in [2.24, 2.45) is 5.14 Å². The number of sulfonamides is 2. The number of carbonyl (C=O) groups is 3. The standard InChI is InChI=1S/C24H24N4O7S3/c1-16(29)26-18-6-8-19(9-7-18)28-22(30)15-21(24(28)31)27(38(34,35)23-3-2-14-36-23)13-12-17-4-10-20(11-5-17)37(25,32)33/h2-11,14,21H,12-13,15H2,1H3,(H,26,29)(H2,25,32,33). The van der Waals surface area contributed by atoms with Gasteiger partial charge in [0.05, 0.1) is 17.0 Å². The second kappa shape index (κ2) is 10.7. The van der Waals surface area contributed by atoms with Crippen LogP contribution in [0.15, 0.2) is 75.1 Å². The number of amides is 3. The molecule has 1 unspecified atom stereocenters. The summed E-state index contributed by atoms with van der Waals surface area (Å²) in [5.41, 5.74) is 1.35. The molecule has 38 heavy (non-hydrogen) atoms. The zero-order valence-electron chi connectivity index (χ0n) is 20.1. The summed E-state index contributed by atoms with van der Waals surface area (Å²) in [7, 11) is -8.02. The first-order valence-electron chi connectivity index (χ1n) is 11.3. The molecular weight excluding hydrogens is 552 g/mol. The Kier molecular flexibility index (Phi) is 7.80. The van der Waals surface area contributed by atoms with E-state index in [2.05, 4.69) is 5.32 Å². The summed E-state index contributed by atoms with van der Waals surface area (Å²) in [6.07, 6.45) is -0.194. The number of thiophene rings is 1. The number of hydrogen-bond acceptors (Lipinski definition) is 8. The highest BCUT2D eigenvalue weighted by atomic mass is 32.2. The molecule has 0 bridgehead atoms. The van der Waals surface area contributed by atoms with E-state index >= 15 is 0 Å². The minimum absolute atomic E-state index is 0.0282. The fourth-order valence-corrected chi connectivity index (χ4v) is 7.28. The van der Waals surface area contributed by atoms with Gasteiger partial charge in [0, 0.05) is 19.2 Å². The molecule has 4 rings (SSSR count). The maximum atomic E-state index is 13.5. The monoisotopic (exact) mass is 576 g/mol. The molecule has 0 aliphatic carbocycles. The molecule has 1 fully saturated rings. The van der Waals surface area contributed by atoms with Crippen molar-refractivity contribution >= 4 is 60.5 Å². The van der Waals surface area contributed by atoms with Crippen LogP contribution in [0.1, 0.15) is 18.9 Å². The van der Waals surface area contributed by atoms with E-state index in [1.54, 1.807) is 11.4 Å². The Hall–Kier alpha value is -3.43. The SMILES string of the molecule is CC(=O)Nc1ccc(N2C(=O)CC(N(CCc3ccc(S(N)(=O)=O)cc3)S(=O)(=O)c3cccs3)C2=O)cc1. The smallest absolute Gasteiger partial charge is 0.253 e. The van der Waals surface area contributed by atoms with Crippen LogP contribution in [0.4, 0.5) is 11.4 Å². The first kappa shape index (κ1) is 27.6. The largest absolute Gasteiger partial charge is 0.326 e. The van der Waals surface area contributed by atoms with E-state index in [4.69, 9.17) is 5.14 Å². The summed E-state index contributed by atoms with van der Waals surface area (Å²) in [5.74, 6) is -1.53. The Morgan fingerprint density at radius 3 is 2.26 bits per heavy atom. The van der Waals surface area contributed by atoms with Gasteiger partial charge in [-0.05, 0) is 59.8 Å². The van der Waals surface area contributed by atoms with Crippen LogP contribution in [-0.4, -0.2) is 51.4 Å². The van der Waals surface area contributed by atoms with Gasteiger partial charge in [-0.1, -0.05) is 18.2 Å². The van der Waals surface area contributed by atoms with Crippen molar-refractivity contribution < 1.29 is 31.2 Å². The zero-order chi connectivity index (χ0) is 27.7. The number of nitrogens with one attached hydrogen (secondary N) is 1. The molecule has 1 aliphatic heterocycles. The molecule has 0 saturated carbocycles. The second-order valence-electron chi connectivity index (χ2n) is 8.50. The van der Waals surface area contributed by atoms with Gasteiger partial charge in [-0.15, -0.1) is 11.3 Å². The van der Waals surface area contributed by atoms with E-state index in [-0.39, 0.29) is 40.1 Å². The van der Waals surface area contributed by atoms with Gasteiger partial charge < -0.3 is 5.32 Å². The number of nitrogens with zero attached hydrogens (tertiary/aromatic N) is 2. The van der Waals surface area contributed by atoms with Crippen LogP contribution in [-0.2, 0) is 40.9 Å². The van der Waals surface area contributed by atoms with Crippen molar-refractivity contribution in [3.8, 4) is 0 Å². The lowest BCUT2D eigenvalue weighted by Crippen LogP contribution is -2.46. The maximum absolute atomic E-state index is 13.5. The summed E-state index contributed by atoms with van der Waals surface area (Å²) in [6, 6.07) is 13.5. The summed E-state index contributed by atoms with van der Waals surface area (Å²) < 4.78 is 51.2. The second-order valence-corrected chi connectivity index (χ2v) is 13.1. The molecule has 1 aromatic heterocycles. The fraction of sp³-hybridized carbons (Fsp3) is 0.208. The number of hydrogen-bond donors (Lipinski definition) is 2. The molecule has 0 spiro atoms. The predicted octanol–water partition coefficient (Wildman–Crippen LogP) is 1.92. The lowest BCUT2D eigenvalue weighted by molar-refractivity contribution is -0.122. The molecule has 3 aromatic rings. The lowest BCUT2D eigenvalue weighted by Gasteiger charge is -2.26.